The molecule has 1 aromatic rings. The summed E-state index contributed by atoms with van der Waals surface area (Å²) < 4.78 is 11.0. The molecule has 24 heavy (non-hydrogen) atoms. The number of hydrazine groups is 1. The fraction of sp³-hybridized carbons (Fsp3) is 0.529. The Morgan fingerprint density at radius 2 is 1.79 bits per heavy atom. The molecule has 7 heteroatoms. The number of hydrogen-bond donors (Lipinski definition) is 2. The molecule has 1 heterocycles. The summed E-state index contributed by atoms with van der Waals surface area (Å²) in [5, 5.41) is 0. The van der Waals surface area contributed by atoms with Gasteiger partial charge in [-0.1, -0.05) is 19.3 Å². The van der Waals surface area contributed by atoms with Crippen LogP contribution in [0, 0.1) is 5.92 Å². The second-order valence-corrected chi connectivity index (χ2v) is 7.02. The summed E-state index contributed by atoms with van der Waals surface area (Å²) in [4.78, 5) is 24.8. The molecule has 0 aromatic heterocycles. The second-order valence-electron chi connectivity index (χ2n) is 5.97. The summed E-state index contributed by atoms with van der Waals surface area (Å²) in [6.45, 7) is 1.09. The number of amides is 2. The van der Waals surface area contributed by atoms with Crippen molar-refractivity contribution in [3.8, 4) is 11.5 Å². The molecule has 0 radical (unpaired) electrons. The number of thioether (sulfide) groups is 1. The van der Waals surface area contributed by atoms with E-state index >= 15 is 0 Å². The Kier molecular flexibility index (Phi) is 5.85. The molecule has 0 saturated heterocycles. The highest BCUT2D eigenvalue weighted by Gasteiger charge is 2.21. The van der Waals surface area contributed by atoms with Crippen molar-refractivity contribution >= 4 is 23.6 Å². The van der Waals surface area contributed by atoms with Crippen LogP contribution >= 0.6 is 11.8 Å². The van der Waals surface area contributed by atoms with Crippen molar-refractivity contribution in [3.05, 3.63) is 18.2 Å². The number of fused-ring (bicyclic) bond motifs is 1. The van der Waals surface area contributed by atoms with Crippen molar-refractivity contribution in [2.24, 2.45) is 5.92 Å². The molecule has 1 saturated carbocycles. The molecule has 1 aliphatic carbocycles. The van der Waals surface area contributed by atoms with Crippen molar-refractivity contribution in [1.82, 2.24) is 10.9 Å². The first kappa shape index (κ1) is 17.0. The van der Waals surface area contributed by atoms with Crippen LogP contribution in [0.1, 0.15) is 32.1 Å². The van der Waals surface area contributed by atoms with E-state index < -0.39 is 0 Å². The minimum Gasteiger partial charge on any atom is -0.486 e. The van der Waals surface area contributed by atoms with Crippen molar-refractivity contribution in [3.63, 3.8) is 0 Å². The first-order valence-electron chi connectivity index (χ1n) is 8.33. The molecule has 1 aromatic carbocycles. The van der Waals surface area contributed by atoms with E-state index in [0.717, 1.165) is 36.3 Å². The van der Waals surface area contributed by atoms with Crippen molar-refractivity contribution in [1.29, 1.82) is 0 Å². The highest BCUT2D eigenvalue weighted by atomic mass is 32.2. The van der Waals surface area contributed by atoms with Gasteiger partial charge in [0.05, 0.1) is 5.75 Å². The van der Waals surface area contributed by atoms with Gasteiger partial charge >= 0.3 is 0 Å². The van der Waals surface area contributed by atoms with Crippen LogP contribution < -0.4 is 20.3 Å². The quantitative estimate of drug-likeness (QED) is 0.643. The zero-order chi connectivity index (χ0) is 16.8. The molecule has 2 amide bonds. The topological polar surface area (TPSA) is 76.7 Å². The number of hydrogen-bond acceptors (Lipinski definition) is 5. The monoisotopic (exact) mass is 350 g/mol. The molecular formula is C17H22N2O4S. The van der Waals surface area contributed by atoms with E-state index in [1.807, 2.05) is 18.2 Å². The van der Waals surface area contributed by atoms with Gasteiger partial charge in [-0.25, -0.2) is 0 Å². The minimum atomic E-state index is -0.223. The van der Waals surface area contributed by atoms with Gasteiger partial charge in [-0.3, -0.25) is 20.4 Å². The first-order chi connectivity index (χ1) is 11.7. The summed E-state index contributed by atoms with van der Waals surface area (Å²) in [6, 6.07) is 5.61. The van der Waals surface area contributed by atoms with Crippen LogP contribution in [0.4, 0.5) is 0 Å². The average Bonchev–Trinajstić information content (AvgIpc) is 2.65. The summed E-state index contributed by atoms with van der Waals surface area (Å²) in [6.07, 6.45) is 5.20. The number of carbonyl (C=O) groups is 2. The van der Waals surface area contributed by atoms with Gasteiger partial charge < -0.3 is 9.47 Å². The Morgan fingerprint density at radius 1 is 1.04 bits per heavy atom. The van der Waals surface area contributed by atoms with E-state index in [1.54, 1.807) is 0 Å². The van der Waals surface area contributed by atoms with Crippen molar-refractivity contribution in [2.75, 3.05) is 19.0 Å². The van der Waals surface area contributed by atoms with Gasteiger partial charge in [0.25, 0.3) is 0 Å². The molecular weight excluding hydrogens is 328 g/mol. The van der Waals surface area contributed by atoms with Crippen molar-refractivity contribution in [2.45, 2.75) is 37.0 Å². The van der Waals surface area contributed by atoms with Crippen LogP contribution in [0.2, 0.25) is 0 Å². The molecule has 0 spiro atoms. The Balaban J connectivity index is 1.41. The lowest BCUT2D eigenvalue weighted by Gasteiger charge is -2.20. The Bertz CT molecular complexity index is 602. The third kappa shape index (κ3) is 4.56. The molecule has 0 bridgehead atoms. The first-order valence-corrected chi connectivity index (χ1v) is 9.32. The molecule has 130 valence electrons. The minimum absolute atomic E-state index is 0.0319. The standard InChI is InChI=1S/C17H22N2O4S/c20-16(18-19-17(21)12-4-2-1-3-5-12)11-24-13-6-7-14-15(10-13)23-9-8-22-14/h6-7,10,12H,1-5,8-9,11H2,(H,18,20)(H,19,21). The molecule has 1 aliphatic heterocycles. The summed E-state index contributed by atoms with van der Waals surface area (Å²) in [5.74, 6) is 1.40. The maximum absolute atomic E-state index is 12.0. The highest BCUT2D eigenvalue weighted by Crippen LogP contribution is 2.34. The third-order valence-electron chi connectivity index (χ3n) is 4.18. The molecule has 3 rings (SSSR count). The van der Waals surface area contributed by atoms with E-state index in [9.17, 15) is 9.59 Å². The van der Waals surface area contributed by atoms with E-state index in [2.05, 4.69) is 10.9 Å². The number of ether oxygens (including phenoxy) is 2. The fourth-order valence-corrected chi connectivity index (χ4v) is 3.62. The molecule has 2 N–H and O–H groups in total. The van der Waals surface area contributed by atoms with Gasteiger partial charge in [0.1, 0.15) is 13.2 Å². The maximum Gasteiger partial charge on any atom is 0.248 e. The average molecular weight is 350 g/mol. The second kappa shape index (κ2) is 8.28. The lowest BCUT2D eigenvalue weighted by atomic mass is 9.89. The molecule has 2 aliphatic rings. The maximum atomic E-state index is 12.0. The van der Waals surface area contributed by atoms with E-state index in [1.165, 1.54) is 18.2 Å². The Hall–Kier alpha value is -1.89. The van der Waals surface area contributed by atoms with Crippen LogP contribution in [-0.4, -0.2) is 30.8 Å². The lowest BCUT2D eigenvalue weighted by Crippen LogP contribution is -2.45. The highest BCUT2D eigenvalue weighted by molar-refractivity contribution is 8.00. The van der Waals surface area contributed by atoms with Crippen molar-refractivity contribution < 1.29 is 19.1 Å². The fourth-order valence-electron chi connectivity index (χ4n) is 2.90. The van der Waals surface area contributed by atoms with E-state index in [-0.39, 0.29) is 23.5 Å². The van der Waals surface area contributed by atoms with E-state index in [0.29, 0.717) is 19.0 Å². The summed E-state index contributed by atoms with van der Waals surface area (Å²) in [5.41, 5.74) is 5.04. The van der Waals surface area contributed by atoms with Crippen LogP contribution in [0.25, 0.3) is 0 Å². The van der Waals surface area contributed by atoms with Gasteiger partial charge in [0.2, 0.25) is 11.8 Å². The smallest absolute Gasteiger partial charge is 0.248 e. The third-order valence-corrected chi connectivity index (χ3v) is 5.18. The van der Waals surface area contributed by atoms with Gasteiger partial charge in [0.15, 0.2) is 11.5 Å². The van der Waals surface area contributed by atoms with E-state index in [4.69, 9.17) is 9.47 Å². The number of carbonyl (C=O) groups excluding carboxylic acids is 2. The lowest BCUT2D eigenvalue weighted by molar-refractivity contribution is -0.131. The summed E-state index contributed by atoms with van der Waals surface area (Å²) >= 11 is 1.39. The van der Waals surface area contributed by atoms with Gasteiger partial charge in [-0.05, 0) is 31.0 Å². The zero-order valence-corrected chi connectivity index (χ0v) is 14.3. The molecule has 0 atom stereocenters. The SMILES string of the molecule is O=C(CSc1ccc2c(c1)OCCO2)NNC(=O)C1CCCCC1. The van der Waals surface area contributed by atoms with Crippen LogP contribution in [0.3, 0.4) is 0 Å². The van der Waals surface area contributed by atoms with Gasteiger partial charge in [0, 0.05) is 10.8 Å². The zero-order valence-electron chi connectivity index (χ0n) is 13.5. The van der Waals surface area contributed by atoms with Crippen LogP contribution in [0.15, 0.2) is 23.1 Å². The number of rotatable bonds is 4. The number of nitrogens with one attached hydrogen (secondary N) is 2. The van der Waals surface area contributed by atoms with Gasteiger partial charge in [-0.2, -0.15) is 0 Å². The predicted molar refractivity (Wildman–Crippen MR) is 91.0 cm³/mol. The van der Waals surface area contributed by atoms with Crippen LogP contribution in [-0.2, 0) is 9.59 Å². The predicted octanol–water partition coefficient (Wildman–Crippen LogP) is 2.28. The molecule has 1 fully saturated rings. The molecule has 0 unspecified atom stereocenters. The largest absolute Gasteiger partial charge is 0.486 e. The summed E-state index contributed by atoms with van der Waals surface area (Å²) in [7, 11) is 0. The normalized spacial score (nSPS) is 17.2. The number of benzene rings is 1. The van der Waals surface area contributed by atoms with Gasteiger partial charge in [-0.15, -0.1) is 11.8 Å². The molecule has 6 nitrogen and oxygen atoms in total. The Labute approximate surface area is 145 Å². The van der Waals surface area contributed by atoms with Crippen LogP contribution in [0.5, 0.6) is 11.5 Å². The Morgan fingerprint density at radius 3 is 2.58 bits per heavy atom.